The van der Waals surface area contributed by atoms with Crippen molar-refractivity contribution in [3.63, 3.8) is 0 Å². The Kier molecular flexibility index (Phi) is 3.99. The average molecular weight is 266 g/mol. The van der Waals surface area contributed by atoms with Crippen molar-refractivity contribution in [1.29, 1.82) is 0 Å². The third-order valence-corrected chi connectivity index (χ3v) is 2.96. The second kappa shape index (κ2) is 5.69. The first-order chi connectivity index (χ1) is 9.10. The molecule has 19 heavy (non-hydrogen) atoms. The van der Waals surface area contributed by atoms with Crippen LogP contribution in [0.3, 0.4) is 0 Å². The van der Waals surface area contributed by atoms with Crippen LogP contribution in [0.15, 0.2) is 18.2 Å². The van der Waals surface area contributed by atoms with Gasteiger partial charge < -0.3 is 15.0 Å². The number of nitrogens with zero attached hydrogens (tertiary/aromatic N) is 1. The van der Waals surface area contributed by atoms with Crippen LogP contribution >= 0.6 is 0 Å². The Labute approximate surface area is 110 Å². The summed E-state index contributed by atoms with van der Waals surface area (Å²) in [4.78, 5) is 24.6. The van der Waals surface area contributed by atoms with Gasteiger partial charge in [0.15, 0.2) is 11.6 Å². The molecule has 1 aliphatic rings. The highest BCUT2D eigenvalue weighted by atomic mass is 19.1. The molecule has 1 heterocycles. The molecule has 1 fully saturated rings. The average Bonchev–Trinajstić information content (AvgIpc) is 2.39. The van der Waals surface area contributed by atoms with Crippen molar-refractivity contribution in [2.45, 2.75) is 6.42 Å². The molecule has 0 radical (unpaired) electrons. The molecule has 2 rings (SSSR count). The van der Waals surface area contributed by atoms with E-state index >= 15 is 0 Å². The summed E-state index contributed by atoms with van der Waals surface area (Å²) in [5.41, 5.74) is 0.564. The molecule has 1 aromatic carbocycles. The Morgan fingerprint density at radius 2 is 2.32 bits per heavy atom. The summed E-state index contributed by atoms with van der Waals surface area (Å²) in [6.07, 6.45) is 0.0776. The number of piperazine rings is 1. The predicted molar refractivity (Wildman–Crippen MR) is 66.2 cm³/mol. The zero-order valence-electron chi connectivity index (χ0n) is 10.6. The molecule has 0 atom stereocenters. The van der Waals surface area contributed by atoms with Gasteiger partial charge in [0.1, 0.15) is 0 Å². The maximum absolute atomic E-state index is 13.5. The van der Waals surface area contributed by atoms with E-state index in [0.717, 1.165) is 0 Å². The van der Waals surface area contributed by atoms with E-state index in [9.17, 15) is 14.0 Å². The Balaban J connectivity index is 2.02. The second-order valence-corrected chi connectivity index (χ2v) is 4.31. The molecule has 6 heteroatoms. The van der Waals surface area contributed by atoms with Gasteiger partial charge in [-0.3, -0.25) is 9.59 Å². The largest absolute Gasteiger partial charge is 0.494 e. The molecule has 1 saturated heterocycles. The number of benzene rings is 1. The quantitative estimate of drug-likeness (QED) is 0.858. The third kappa shape index (κ3) is 3.21. The van der Waals surface area contributed by atoms with Crippen molar-refractivity contribution < 1.29 is 18.7 Å². The SMILES string of the molecule is COc1ccc(CC(=O)N2CCNC(=O)C2)cc1F. The van der Waals surface area contributed by atoms with Gasteiger partial charge in [0.2, 0.25) is 11.8 Å². The van der Waals surface area contributed by atoms with Crippen LogP contribution in [0.1, 0.15) is 5.56 Å². The van der Waals surface area contributed by atoms with Crippen LogP contribution in [-0.2, 0) is 16.0 Å². The minimum atomic E-state index is -0.496. The van der Waals surface area contributed by atoms with Gasteiger partial charge in [-0.05, 0) is 17.7 Å². The smallest absolute Gasteiger partial charge is 0.239 e. The second-order valence-electron chi connectivity index (χ2n) is 4.31. The van der Waals surface area contributed by atoms with E-state index in [2.05, 4.69) is 5.32 Å². The Bertz CT molecular complexity index is 505. The van der Waals surface area contributed by atoms with Gasteiger partial charge in [0.05, 0.1) is 20.1 Å². The minimum absolute atomic E-state index is 0.0669. The number of amides is 2. The van der Waals surface area contributed by atoms with Gasteiger partial charge in [0, 0.05) is 13.1 Å². The van der Waals surface area contributed by atoms with E-state index < -0.39 is 5.82 Å². The van der Waals surface area contributed by atoms with Crippen LogP contribution in [0.5, 0.6) is 5.75 Å². The molecule has 2 amide bonds. The van der Waals surface area contributed by atoms with Crippen molar-refractivity contribution >= 4 is 11.8 Å². The summed E-state index contributed by atoms with van der Waals surface area (Å²) >= 11 is 0. The summed E-state index contributed by atoms with van der Waals surface area (Å²) in [5.74, 6) is -0.697. The van der Waals surface area contributed by atoms with Gasteiger partial charge >= 0.3 is 0 Å². The van der Waals surface area contributed by atoms with Crippen molar-refractivity contribution in [2.24, 2.45) is 0 Å². The molecule has 0 unspecified atom stereocenters. The van der Waals surface area contributed by atoms with E-state index in [1.165, 1.54) is 24.1 Å². The van der Waals surface area contributed by atoms with E-state index in [1.807, 2.05) is 0 Å². The Morgan fingerprint density at radius 1 is 1.53 bits per heavy atom. The fraction of sp³-hybridized carbons (Fsp3) is 0.385. The normalized spacial score (nSPS) is 15.1. The van der Waals surface area contributed by atoms with Crippen LogP contribution in [0.25, 0.3) is 0 Å². The van der Waals surface area contributed by atoms with Crippen LogP contribution in [0.2, 0.25) is 0 Å². The van der Waals surface area contributed by atoms with Crippen molar-refractivity contribution in [2.75, 3.05) is 26.7 Å². The Morgan fingerprint density at radius 3 is 2.95 bits per heavy atom. The van der Waals surface area contributed by atoms with Crippen molar-refractivity contribution in [1.82, 2.24) is 10.2 Å². The molecule has 0 aliphatic carbocycles. The molecule has 5 nitrogen and oxygen atoms in total. The van der Waals surface area contributed by atoms with Crippen LogP contribution in [0.4, 0.5) is 4.39 Å². The van der Waals surface area contributed by atoms with Crippen molar-refractivity contribution in [3.05, 3.63) is 29.6 Å². The number of carbonyl (C=O) groups excluding carboxylic acids is 2. The fourth-order valence-corrected chi connectivity index (χ4v) is 1.96. The standard InChI is InChI=1S/C13H15FN2O3/c1-19-11-3-2-9(6-10(11)14)7-13(18)16-5-4-15-12(17)8-16/h2-3,6H,4-5,7-8H2,1H3,(H,15,17). The van der Waals surface area contributed by atoms with Gasteiger partial charge in [0.25, 0.3) is 0 Å². The van der Waals surface area contributed by atoms with Gasteiger partial charge in [-0.1, -0.05) is 6.07 Å². The zero-order chi connectivity index (χ0) is 13.8. The molecule has 0 aromatic heterocycles. The number of ether oxygens (including phenoxy) is 1. The highest BCUT2D eigenvalue weighted by Gasteiger charge is 2.21. The first kappa shape index (κ1) is 13.3. The number of rotatable bonds is 3. The van der Waals surface area contributed by atoms with Gasteiger partial charge in [-0.15, -0.1) is 0 Å². The van der Waals surface area contributed by atoms with E-state index in [0.29, 0.717) is 18.7 Å². The van der Waals surface area contributed by atoms with Crippen LogP contribution in [0, 0.1) is 5.82 Å². The maximum Gasteiger partial charge on any atom is 0.239 e. The van der Waals surface area contributed by atoms with Crippen molar-refractivity contribution in [3.8, 4) is 5.75 Å². The lowest BCUT2D eigenvalue weighted by Gasteiger charge is -2.26. The first-order valence-corrected chi connectivity index (χ1v) is 5.97. The van der Waals surface area contributed by atoms with Gasteiger partial charge in [-0.25, -0.2) is 4.39 Å². The molecular weight excluding hydrogens is 251 g/mol. The van der Waals surface area contributed by atoms with E-state index in [4.69, 9.17) is 4.74 Å². The summed E-state index contributed by atoms with van der Waals surface area (Å²) in [7, 11) is 1.38. The zero-order valence-corrected chi connectivity index (χ0v) is 10.6. The number of carbonyl (C=O) groups is 2. The lowest BCUT2D eigenvalue weighted by Crippen LogP contribution is -2.50. The lowest BCUT2D eigenvalue weighted by atomic mass is 10.1. The molecule has 0 bridgehead atoms. The van der Waals surface area contributed by atoms with Crippen LogP contribution in [-0.4, -0.2) is 43.5 Å². The monoisotopic (exact) mass is 266 g/mol. The fourth-order valence-electron chi connectivity index (χ4n) is 1.96. The number of halogens is 1. The topological polar surface area (TPSA) is 58.6 Å². The molecule has 0 spiro atoms. The molecule has 1 aliphatic heterocycles. The number of hydrogen-bond acceptors (Lipinski definition) is 3. The van der Waals surface area contributed by atoms with Crippen LogP contribution < -0.4 is 10.1 Å². The van der Waals surface area contributed by atoms with E-state index in [1.54, 1.807) is 6.07 Å². The molecule has 102 valence electrons. The maximum atomic E-state index is 13.5. The number of methoxy groups -OCH3 is 1. The lowest BCUT2D eigenvalue weighted by molar-refractivity contribution is -0.137. The molecule has 0 saturated carbocycles. The molecular formula is C13H15FN2O3. The molecule has 1 aromatic rings. The van der Waals surface area contributed by atoms with Gasteiger partial charge in [-0.2, -0.15) is 0 Å². The molecule has 1 N–H and O–H groups in total. The third-order valence-electron chi connectivity index (χ3n) is 2.96. The summed E-state index contributed by atoms with van der Waals surface area (Å²) in [5, 5.41) is 2.65. The summed E-state index contributed by atoms with van der Waals surface area (Å²) in [6.45, 7) is 1.02. The number of nitrogens with one attached hydrogen (secondary N) is 1. The Hall–Kier alpha value is -2.11. The predicted octanol–water partition coefficient (Wildman–Crippen LogP) is 0.335. The summed E-state index contributed by atoms with van der Waals surface area (Å²) in [6, 6.07) is 4.41. The van der Waals surface area contributed by atoms with E-state index in [-0.39, 0.29) is 30.5 Å². The summed E-state index contributed by atoms with van der Waals surface area (Å²) < 4.78 is 18.3. The first-order valence-electron chi connectivity index (χ1n) is 5.97. The minimum Gasteiger partial charge on any atom is -0.494 e. The number of hydrogen-bond donors (Lipinski definition) is 1. The highest BCUT2D eigenvalue weighted by Crippen LogP contribution is 2.18. The highest BCUT2D eigenvalue weighted by molar-refractivity contribution is 5.86.